The van der Waals surface area contributed by atoms with E-state index in [2.05, 4.69) is 0 Å². The van der Waals surface area contributed by atoms with Gasteiger partial charge in [-0.05, 0) is 42.5 Å². The fraction of sp³-hybridized carbons (Fsp3) is 0.238. The molecule has 0 bridgehead atoms. The minimum atomic E-state index is -0.467. The molecule has 2 aliphatic heterocycles. The zero-order chi connectivity index (χ0) is 19.8. The lowest BCUT2D eigenvalue weighted by molar-refractivity contribution is -0.136. The first-order chi connectivity index (χ1) is 13.5. The molecule has 6 nitrogen and oxygen atoms in total. The van der Waals surface area contributed by atoms with E-state index in [1.807, 2.05) is 0 Å². The van der Waals surface area contributed by atoms with Crippen molar-refractivity contribution < 1.29 is 23.8 Å². The van der Waals surface area contributed by atoms with E-state index in [-0.39, 0.29) is 18.9 Å². The van der Waals surface area contributed by atoms with Crippen LogP contribution in [-0.4, -0.2) is 32.7 Å². The summed E-state index contributed by atoms with van der Waals surface area (Å²) < 4.78 is 16.1. The van der Waals surface area contributed by atoms with Gasteiger partial charge in [0, 0.05) is 28.6 Å². The van der Waals surface area contributed by atoms with Crippen molar-refractivity contribution in [1.82, 2.24) is 0 Å². The fourth-order valence-corrected chi connectivity index (χ4v) is 3.85. The zero-order valence-electron chi connectivity index (χ0n) is 15.4. The van der Waals surface area contributed by atoms with Crippen molar-refractivity contribution in [3.05, 3.63) is 64.3 Å². The average molecular weight is 400 g/mol. The third-order valence-corrected chi connectivity index (χ3v) is 5.27. The molecular formula is C21H18ClNO5. The van der Waals surface area contributed by atoms with Gasteiger partial charge in [0.2, 0.25) is 5.91 Å². The molecular weight excluding hydrogens is 382 g/mol. The Labute approximate surface area is 167 Å². The van der Waals surface area contributed by atoms with Gasteiger partial charge in [-0.15, -0.1) is 0 Å². The standard InChI is InChI=1S/C21H18ClNO5/c1-26-14-7-8-18(27-2)15(9-14)16-10-19(24)23(13-5-3-12(22)4-6-13)17-11-28-21(25)20(16)17/h3-9,16H,10-11H2,1-2H3/t16-/m1/s1. The van der Waals surface area contributed by atoms with Gasteiger partial charge in [0.1, 0.15) is 18.1 Å². The molecule has 2 aliphatic rings. The largest absolute Gasteiger partial charge is 0.497 e. The van der Waals surface area contributed by atoms with E-state index in [0.29, 0.717) is 33.5 Å². The van der Waals surface area contributed by atoms with Crippen LogP contribution in [0.2, 0.25) is 5.02 Å². The van der Waals surface area contributed by atoms with Crippen molar-refractivity contribution in [3.8, 4) is 11.5 Å². The third kappa shape index (κ3) is 2.99. The van der Waals surface area contributed by atoms with E-state index >= 15 is 0 Å². The second-order valence-electron chi connectivity index (χ2n) is 6.51. The summed E-state index contributed by atoms with van der Waals surface area (Å²) in [4.78, 5) is 27.2. The predicted molar refractivity (Wildman–Crippen MR) is 104 cm³/mol. The molecule has 4 rings (SSSR count). The quantitative estimate of drug-likeness (QED) is 0.733. The van der Waals surface area contributed by atoms with Gasteiger partial charge in [0.05, 0.1) is 25.5 Å². The molecule has 2 aromatic carbocycles. The number of esters is 1. The Morgan fingerprint density at radius 1 is 1.07 bits per heavy atom. The van der Waals surface area contributed by atoms with E-state index in [1.165, 1.54) is 0 Å². The number of nitrogens with zero attached hydrogens (tertiary/aromatic N) is 1. The maximum Gasteiger partial charge on any atom is 0.336 e. The van der Waals surface area contributed by atoms with Gasteiger partial charge in [0.15, 0.2) is 0 Å². The number of amides is 1. The number of cyclic esters (lactones) is 1. The first-order valence-electron chi connectivity index (χ1n) is 8.74. The summed E-state index contributed by atoms with van der Waals surface area (Å²) in [6.07, 6.45) is 0.111. The van der Waals surface area contributed by atoms with Crippen LogP contribution in [0.1, 0.15) is 17.9 Å². The van der Waals surface area contributed by atoms with E-state index < -0.39 is 11.9 Å². The van der Waals surface area contributed by atoms with E-state index in [1.54, 1.807) is 61.6 Å². The van der Waals surface area contributed by atoms with Gasteiger partial charge in [-0.25, -0.2) is 4.79 Å². The average Bonchev–Trinajstić information content (AvgIpc) is 3.09. The van der Waals surface area contributed by atoms with Crippen LogP contribution in [0.3, 0.4) is 0 Å². The van der Waals surface area contributed by atoms with Gasteiger partial charge in [-0.1, -0.05) is 11.6 Å². The topological polar surface area (TPSA) is 65.1 Å². The molecule has 144 valence electrons. The molecule has 2 aromatic rings. The van der Waals surface area contributed by atoms with Crippen LogP contribution >= 0.6 is 11.6 Å². The highest BCUT2D eigenvalue weighted by Crippen LogP contribution is 2.45. The first kappa shape index (κ1) is 18.4. The maximum absolute atomic E-state index is 13.1. The Hall–Kier alpha value is -2.99. The molecule has 0 N–H and O–H groups in total. The highest BCUT2D eigenvalue weighted by Gasteiger charge is 2.43. The van der Waals surface area contributed by atoms with Crippen LogP contribution in [0.15, 0.2) is 53.7 Å². The Balaban J connectivity index is 1.85. The molecule has 0 radical (unpaired) electrons. The third-order valence-electron chi connectivity index (χ3n) is 5.01. The molecule has 0 fully saturated rings. The smallest absolute Gasteiger partial charge is 0.336 e. The van der Waals surface area contributed by atoms with Crippen LogP contribution in [0.4, 0.5) is 5.69 Å². The van der Waals surface area contributed by atoms with Crippen LogP contribution in [-0.2, 0) is 14.3 Å². The van der Waals surface area contributed by atoms with Crippen molar-refractivity contribution in [2.45, 2.75) is 12.3 Å². The van der Waals surface area contributed by atoms with Crippen molar-refractivity contribution in [3.63, 3.8) is 0 Å². The van der Waals surface area contributed by atoms with Gasteiger partial charge in [0.25, 0.3) is 0 Å². The van der Waals surface area contributed by atoms with Crippen molar-refractivity contribution >= 4 is 29.2 Å². The number of ether oxygens (including phenoxy) is 3. The summed E-state index contributed by atoms with van der Waals surface area (Å²) in [6, 6.07) is 12.3. The predicted octanol–water partition coefficient (Wildman–Crippen LogP) is 3.69. The molecule has 0 saturated heterocycles. The molecule has 1 atom stereocenters. The summed E-state index contributed by atoms with van der Waals surface area (Å²) >= 11 is 5.97. The number of halogens is 1. The summed E-state index contributed by atoms with van der Waals surface area (Å²) in [5.41, 5.74) is 2.40. The molecule has 0 aliphatic carbocycles. The first-order valence-corrected chi connectivity index (χ1v) is 9.12. The lowest BCUT2D eigenvalue weighted by Crippen LogP contribution is -2.37. The molecule has 2 heterocycles. The van der Waals surface area contributed by atoms with Crippen molar-refractivity contribution in [2.75, 3.05) is 25.7 Å². The number of hydrogen-bond acceptors (Lipinski definition) is 5. The van der Waals surface area contributed by atoms with Gasteiger partial charge in [-0.3, -0.25) is 9.69 Å². The zero-order valence-corrected chi connectivity index (χ0v) is 16.2. The lowest BCUT2D eigenvalue weighted by atomic mass is 9.83. The number of hydrogen-bond donors (Lipinski definition) is 0. The fourth-order valence-electron chi connectivity index (χ4n) is 3.72. The highest BCUT2D eigenvalue weighted by molar-refractivity contribution is 6.30. The molecule has 0 unspecified atom stereocenters. The Morgan fingerprint density at radius 2 is 1.82 bits per heavy atom. The van der Waals surface area contributed by atoms with E-state index in [9.17, 15) is 9.59 Å². The van der Waals surface area contributed by atoms with Crippen molar-refractivity contribution in [1.29, 1.82) is 0 Å². The number of benzene rings is 2. The summed E-state index contributed by atoms with van der Waals surface area (Å²) in [5.74, 6) is 0.193. The Morgan fingerprint density at radius 3 is 2.50 bits per heavy atom. The summed E-state index contributed by atoms with van der Waals surface area (Å²) in [5, 5.41) is 0.570. The molecule has 28 heavy (non-hydrogen) atoms. The maximum atomic E-state index is 13.1. The van der Waals surface area contributed by atoms with E-state index in [4.69, 9.17) is 25.8 Å². The normalized spacial score (nSPS) is 18.8. The van der Waals surface area contributed by atoms with Crippen LogP contribution in [0.25, 0.3) is 0 Å². The van der Waals surface area contributed by atoms with Gasteiger partial charge in [-0.2, -0.15) is 0 Å². The summed E-state index contributed by atoms with van der Waals surface area (Å²) in [6.45, 7) is 0.0469. The minimum Gasteiger partial charge on any atom is -0.497 e. The number of carbonyl (C=O) groups is 2. The summed E-state index contributed by atoms with van der Waals surface area (Å²) in [7, 11) is 3.12. The van der Waals surface area contributed by atoms with Crippen molar-refractivity contribution in [2.24, 2.45) is 0 Å². The molecule has 0 spiro atoms. The monoisotopic (exact) mass is 399 g/mol. The van der Waals surface area contributed by atoms with Crippen LogP contribution in [0, 0.1) is 0 Å². The minimum absolute atomic E-state index is 0.0469. The van der Waals surface area contributed by atoms with Gasteiger partial charge >= 0.3 is 5.97 Å². The number of methoxy groups -OCH3 is 2. The SMILES string of the molecule is COc1ccc(OC)c([C@H]2CC(=O)N(c3ccc(Cl)cc3)C3=C2C(=O)OC3)c1. The number of rotatable bonds is 4. The Kier molecular flexibility index (Phi) is 4.73. The molecule has 0 aromatic heterocycles. The number of carbonyl (C=O) groups excluding carboxylic acids is 2. The Bertz CT molecular complexity index is 983. The van der Waals surface area contributed by atoms with Crippen LogP contribution in [0.5, 0.6) is 11.5 Å². The number of anilines is 1. The van der Waals surface area contributed by atoms with E-state index in [0.717, 1.165) is 5.56 Å². The highest BCUT2D eigenvalue weighted by atomic mass is 35.5. The second kappa shape index (κ2) is 7.20. The lowest BCUT2D eigenvalue weighted by Gasteiger charge is -2.32. The molecule has 0 saturated carbocycles. The van der Waals surface area contributed by atoms with Gasteiger partial charge < -0.3 is 14.2 Å². The molecule has 7 heteroatoms. The second-order valence-corrected chi connectivity index (χ2v) is 6.94. The van der Waals surface area contributed by atoms with Crippen LogP contribution < -0.4 is 14.4 Å². The molecule has 1 amide bonds.